The van der Waals surface area contributed by atoms with Gasteiger partial charge in [0, 0.05) is 25.1 Å². The third kappa shape index (κ3) is 6.84. The molecule has 34 heavy (non-hydrogen) atoms. The Morgan fingerprint density at radius 3 is 2.32 bits per heavy atom. The van der Waals surface area contributed by atoms with Gasteiger partial charge >= 0.3 is 0 Å². The van der Waals surface area contributed by atoms with Crippen molar-refractivity contribution >= 4 is 5.91 Å². The molecule has 1 saturated carbocycles. The van der Waals surface area contributed by atoms with Gasteiger partial charge in [0.15, 0.2) is 0 Å². The highest BCUT2D eigenvalue weighted by molar-refractivity contribution is 5.73. The fourth-order valence-electron chi connectivity index (χ4n) is 4.89. The second kappa shape index (κ2) is 10.9. The second-order valence-corrected chi connectivity index (χ2v) is 10.0. The van der Waals surface area contributed by atoms with Gasteiger partial charge in [0.1, 0.15) is 11.6 Å². The van der Waals surface area contributed by atoms with Gasteiger partial charge in [-0.3, -0.25) is 4.79 Å². The summed E-state index contributed by atoms with van der Waals surface area (Å²) in [6.45, 7) is 5.05. The molecule has 2 unspecified atom stereocenters. The predicted octanol–water partition coefficient (Wildman–Crippen LogP) is 4.05. The van der Waals surface area contributed by atoms with E-state index in [0.29, 0.717) is 5.56 Å². The van der Waals surface area contributed by atoms with Crippen molar-refractivity contribution in [1.82, 2.24) is 10.6 Å². The number of nitrogens with one attached hydrogen (secondary N) is 2. The Bertz CT molecular complexity index is 964. The van der Waals surface area contributed by atoms with Gasteiger partial charge in [-0.2, -0.15) is 0 Å². The summed E-state index contributed by atoms with van der Waals surface area (Å²) in [7, 11) is 0. The molecular weight excluding hydrogens is 438 g/mol. The number of amides is 1. The number of benzene rings is 2. The zero-order valence-corrected chi connectivity index (χ0v) is 20.2. The van der Waals surface area contributed by atoms with Crippen LogP contribution in [0.15, 0.2) is 42.5 Å². The maximum atomic E-state index is 13.7. The van der Waals surface area contributed by atoms with Crippen molar-refractivity contribution < 1.29 is 23.8 Å². The molecule has 1 amide bonds. The number of aliphatic hydroxyl groups excluding tert-OH is 1. The summed E-state index contributed by atoms with van der Waals surface area (Å²) in [6.07, 6.45) is 4.09. The number of halogens is 2. The lowest BCUT2D eigenvalue weighted by Gasteiger charge is -2.41. The molecule has 0 spiro atoms. The monoisotopic (exact) mass is 474 g/mol. The van der Waals surface area contributed by atoms with Crippen LogP contribution in [0.2, 0.25) is 0 Å². The average Bonchev–Trinajstić information content (AvgIpc) is 2.76. The van der Waals surface area contributed by atoms with Gasteiger partial charge in [0.05, 0.1) is 17.7 Å². The van der Waals surface area contributed by atoms with Crippen LogP contribution in [0.4, 0.5) is 8.78 Å². The van der Waals surface area contributed by atoms with Crippen molar-refractivity contribution in [3.8, 4) is 0 Å². The molecule has 1 aliphatic rings. The van der Waals surface area contributed by atoms with Crippen LogP contribution >= 0.6 is 0 Å². The van der Waals surface area contributed by atoms with E-state index >= 15 is 0 Å². The summed E-state index contributed by atoms with van der Waals surface area (Å²) in [5.41, 5.74) is 0.901. The number of carbonyl (C=O) groups excluding carboxylic acids is 1. The molecule has 1 fully saturated rings. The lowest BCUT2D eigenvalue weighted by molar-refractivity contribution is -0.120. The second-order valence-electron chi connectivity index (χ2n) is 10.0. The van der Waals surface area contributed by atoms with Gasteiger partial charge in [-0.25, -0.2) is 8.78 Å². The third-order valence-corrected chi connectivity index (χ3v) is 6.71. The Hall–Kier alpha value is -2.35. The molecule has 4 N–H and O–H groups in total. The van der Waals surface area contributed by atoms with Crippen LogP contribution < -0.4 is 10.6 Å². The normalized spacial score (nSPS) is 17.7. The molecule has 0 heterocycles. The number of carbonyl (C=O) groups is 1. The summed E-state index contributed by atoms with van der Waals surface area (Å²) in [5.74, 6) is -1.72. The zero-order valence-electron chi connectivity index (χ0n) is 20.2. The number of hydrogen-bond acceptors (Lipinski definition) is 4. The molecule has 0 radical (unpaired) electrons. The van der Waals surface area contributed by atoms with Crippen LogP contribution in [0, 0.1) is 11.6 Å². The van der Waals surface area contributed by atoms with Gasteiger partial charge in [0.2, 0.25) is 5.91 Å². The van der Waals surface area contributed by atoms with Crippen molar-refractivity contribution in [2.45, 2.75) is 82.6 Å². The van der Waals surface area contributed by atoms with Crippen molar-refractivity contribution in [1.29, 1.82) is 0 Å². The third-order valence-electron chi connectivity index (χ3n) is 6.71. The number of rotatable bonds is 9. The molecule has 0 aromatic heterocycles. The van der Waals surface area contributed by atoms with Crippen molar-refractivity contribution in [3.63, 3.8) is 0 Å². The summed E-state index contributed by atoms with van der Waals surface area (Å²) in [4.78, 5) is 11.8. The van der Waals surface area contributed by atoms with E-state index in [-0.39, 0.29) is 24.4 Å². The van der Waals surface area contributed by atoms with E-state index in [1.54, 1.807) is 13.8 Å². The molecule has 0 aliphatic heterocycles. The van der Waals surface area contributed by atoms with Gasteiger partial charge in [-0.15, -0.1) is 0 Å². The van der Waals surface area contributed by atoms with Gasteiger partial charge in [-0.1, -0.05) is 43.5 Å². The molecule has 0 saturated heterocycles. The van der Waals surface area contributed by atoms with Crippen molar-refractivity contribution in [2.75, 3.05) is 6.54 Å². The average molecular weight is 475 g/mol. The molecule has 2 atom stereocenters. The topological polar surface area (TPSA) is 81.6 Å². The van der Waals surface area contributed by atoms with Crippen LogP contribution in [0.3, 0.4) is 0 Å². The van der Waals surface area contributed by atoms with Crippen LogP contribution in [0.25, 0.3) is 0 Å². The molecule has 0 bridgehead atoms. The van der Waals surface area contributed by atoms with E-state index in [9.17, 15) is 23.8 Å². The van der Waals surface area contributed by atoms with E-state index in [4.69, 9.17) is 0 Å². The van der Waals surface area contributed by atoms with E-state index in [1.807, 2.05) is 24.3 Å². The molecule has 3 rings (SSSR count). The molecule has 186 valence electrons. The molecule has 2 aromatic rings. The van der Waals surface area contributed by atoms with Gasteiger partial charge < -0.3 is 20.8 Å². The summed E-state index contributed by atoms with van der Waals surface area (Å²) in [6, 6.07) is 10.4. The molecule has 1 aliphatic carbocycles. The molecule has 2 aromatic carbocycles. The Morgan fingerprint density at radius 2 is 1.74 bits per heavy atom. The molecule has 7 heteroatoms. The highest BCUT2D eigenvalue weighted by Crippen LogP contribution is 2.38. The van der Waals surface area contributed by atoms with Crippen molar-refractivity contribution in [3.05, 3.63) is 70.8 Å². The van der Waals surface area contributed by atoms with Gasteiger partial charge in [-0.05, 0) is 61.9 Å². The summed E-state index contributed by atoms with van der Waals surface area (Å²) in [5, 5.41) is 27.8. The number of hydrogen-bond donors (Lipinski definition) is 4. The van der Waals surface area contributed by atoms with Crippen LogP contribution in [0.5, 0.6) is 0 Å². The van der Waals surface area contributed by atoms with Gasteiger partial charge in [0.25, 0.3) is 0 Å². The van der Waals surface area contributed by atoms with E-state index in [1.165, 1.54) is 19.1 Å². The first-order chi connectivity index (χ1) is 16.0. The highest BCUT2D eigenvalue weighted by atomic mass is 19.1. The Labute approximate surface area is 200 Å². The smallest absolute Gasteiger partial charge is 0.217 e. The zero-order chi connectivity index (χ0) is 24.9. The highest BCUT2D eigenvalue weighted by Gasteiger charge is 2.35. The fraction of sp³-hybridized carbons (Fsp3) is 0.519. The van der Waals surface area contributed by atoms with Crippen molar-refractivity contribution in [2.24, 2.45) is 0 Å². The van der Waals surface area contributed by atoms with Crippen LogP contribution in [0.1, 0.15) is 69.6 Å². The molecular formula is C27H36F2N2O3. The van der Waals surface area contributed by atoms with E-state index in [0.717, 1.165) is 49.3 Å². The van der Waals surface area contributed by atoms with E-state index < -0.39 is 29.4 Å². The largest absolute Gasteiger partial charge is 0.390 e. The standard InChI is InChI=1S/C27H36F2N2O3/c1-18(32)31-24(14-19-12-22(28)16-23(29)13-19)25(33)17-30-27(10-5-4-6-11-27)21-9-7-8-20(15-21)26(2,3)34/h7-9,12-13,15-16,24-25,30,33-34H,4-6,10-11,14,17H2,1-3H3,(H,31,32). The SMILES string of the molecule is CC(=O)NC(Cc1cc(F)cc(F)c1)C(O)CNC1(c2cccc(C(C)(C)O)c2)CCCCC1. The minimum absolute atomic E-state index is 0.0955. The minimum atomic E-state index is -0.980. The van der Waals surface area contributed by atoms with Crippen LogP contribution in [-0.2, 0) is 22.4 Å². The minimum Gasteiger partial charge on any atom is -0.390 e. The Morgan fingerprint density at radius 1 is 1.09 bits per heavy atom. The fourth-order valence-corrected chi connectivity index (χ4v) is 4.89. The number of aliphatic hydroxyl groups is 2. The lowest BCUT2D eigenvalue weighted by atomic mass is 9.75. The first-order valence-corrected chi connectivity index (χ1v) is 12.0. The first-order valence-electron chi connectivity index (χ1n) is 12.0. The maximum absolute atomic E-state index is 13.7. The lowest BCUT2D eigenvalue weighted by Crippen LogP contribution is -2.53. The Kier molecular flexibility index (Phi) is 8.44. The van der Waals surface area contributed by atoms with E-state index in [2.05, 4.69) is 10.6 Å². The first kappa shape index (κ1) is 26.3. The molecule has 5 nitrogen and oxygen atoms in total. The Balaban J connectivity index is 1.80. The predicted molar refractivity (Wildman–Crippen MR) is 128 cm³/mol. The summed E-state index contributed by atoms with van der Waals surface area (Å²) >= 11 is 0. The quantitative estimate of drug-likeness (QED) is 0.442. The maximum Gasteiger partial charge on any atom is 0.217 e. The van der Waals surface area contributed by atoms with Crippen LogP contribution in [-0.4, -0.2) is 34.8 Å². The summed E-state index contributed by atoms with van der Waals surface area (Å²) < 4.78 is 27.3.